The molecule has 1 aromatic heterocycles. The van der Waals surface area contributed by atoms with Crippen molar-refractivity contribution in [3.05, 3.63) is 42.0 Å². The number of likely N-dealkylation sites (tertiary alicyclic amines) is 1. The summed E-state index contributed by atoms with van der Waals surface area (Å²) >= 11 is 0. The van der Waals surface area contributed by atoms with Crippen LogP contribution in [0.1, 0.15) is 30.5 Å². The summed E-state index contributed by atoms with van der Waals surface area (Å²) < 4.78 is 7.83. The molecule has 0 saturated carbocycles. The maximum atomic E-state index is 12.5. The lowest BCUT2D eigenvalue weighted by Gasteiger charge is -2.22. The number of para-hydroxylation sites is 1. The van der Waals surface area contributed by atoms with Gasteiger partial charge in [0.1, 0.15) is 17.4 Å². The molecule has 2 aliphatic rings. The Labute approximate surface area is 153 Å². The lowest BCUT2D eigenvalue weighted by Crippen LogP contribution is -2.37. The Bertz CT molecular complexity index is 761. The van der Waals surface area contributed by atoms with E-state index in [1.54, 1.807) is 0 Å². The van der Waals surface area contributed by atoms with Crippen LogP contribution in [-0.4, -0.2) is 63.8 Å². The molecule has 138 valence electrons. The molecule has 3 heterocycles. The number of ether oxygens (including phenoxy) is 1. The van der Waals surface area contributed by atoms with Crippen molar-refractivity contribution >= 4 is 5.91 Å². The zero-order valence-electron chi connectivity index (χ0n) is 15.2. The van der Waals surface area contributed by atoms with Gasteiger partial charge < -0.3 is 14.2 Å². The van der Waals surface area contributed by atoms with E-state index in [0.717, 1.165) is 43.3 Å². The van der Waals surface area contributed by atoms with E-state index in [1.165, 1.54) is 6.42 Å². The van der Waals surface area contributed by atoms with E-state index in [9.17, 15) is 4.79 Å². The molecule has 1 fully saturated rings. The fraction of sp³-hybridized carbons (Fsp3) is 0.526. The number of carbonyl (C=O) groups is 1. The molecule has 0 radical (unpaired) electrons. The van der Waals surface area contributed by atoms with Gasteiger partial charge >= 0.3 is 0 Å². The number of carbonyl (C=O) groups excluding carboxylic acids is 1. The zero-order valence-corrected chi connectivity index (χ0v) is 15.2. The SMILES string of the molecule is CN1CCC[C@@H]1c1nnc2n1CCN(C(=O)COc1ccccc1)CC2. The molecule has 7 nitrogen and oxygen atoms in total. The lowest BCUT2D eigenvalue weighted by molar-refractivity contribution is -0.133. The summed E-state index contributed by atoms with van der Waals surface area (Å²) in [7, 11) is 2.15. The molecule has 0 spiro atoms. The molecule has 7 heteroatoms. The first-order chi connectivity index (χ1) is 12.7. The predicted molar refractivity (Wildman–Crippen MR) is 96.8 cm³/mol. The topological polar surface area (TPSA) is 63.5 Å². The first kappa shape index (κ1) is 17.0. The zero-order chi connectivity index (χ0) is 17.9. The van der Waals surface area contributed by atoms with E-state index in [2.05, 4.69) is 26.7 Å². The molecule has 0 bridgehead atoms. The average molecular weight is 355 g/mol. The van der Waals surface area contributed by atoms with E-state index in [0.29, 0.717) is 19.1 Å². The minimum absolute atomic E-state index is 0.0205. The highest BCUT2D eigenvalue weighted by Crippen LogP contribution is 2.30. The first-order valence-electron chi connectivity index (χ1n) is 9.30. The van der Waals surface area contributed by atoms with Crippen LogP contribution in [0.15, 0.2) is 30.3 Å². The summed E-state index contributed by atoms with van der Waals surface area (Å²) in [6.45, 7) is 3.26. The average Bonchev–Trinajstić information content (AvgIpc) is 3.20. The summed E-state index contributed by atoms with van der Waals surface area (Å²) in [6.07, 6.45) is 3.06. The molecule has 1 atom stereocenters. The second-order valence-corrected chi connectivity index (χ2v) is 7.00. The Morgan fingerprint density at radius 2 is 2.00 bits per heavy atom. The molecule has 2 aliphatic heterocycles. The van der Waals surface area contributed by atoms with Crippen LogP contribution in [0.4, 0.5) is 0 Å². The van der Waals surface area contributed by atoms with E-state index in [4.69, 9.17) is 4.74 Å². The van der Waals surface area contributed by atoms with E-state index >= 15 is 0 Å². The van der Waals surface area contributed by atoms with Crippen molar-refractivity contribution in [3.63, 3.8) is 0 Å². The molecule has 1 amide bonds. The summed E-state index contributed by atoms with van der Waals surface area (Å²) in [5.41, 5.74) is 0. The standard InChI is InChI=1S/C19H25N5O2/c1-22-10-5-8-16(22)19-21-20-17-9-11-23(12-13-24(17)19)18(25)14-26-15-6-3-2-4-7-15/h2-4,6-7,16H,5,8-14H2,1H3/t16-/m1/s1. The second-order valence-electron chi connectivity index (χ2n) is 7.00. The Morgan fingerprint density at radius 1 is 1.15 bits per heavy atom. The predicted octanol–water partition coefficient (Wildman–Crippen LogP) is 1.51. The van der Waals surface area contributed by atoms with Crippen LogP contribution in [0.25, 0.3) is 0 Å². The van der Waals surface area contributed by atoms with Crippen LogP contribution in [0.5, 0.6) is 5.75 Å². The third-order valence-corrected chi connectivity index (χ3v) is 5.33. The van der Waals surface area contributed by atoms with Crippen molar-refractivity contribution in [1.29, 1.82) is 0 Å². The van der Waals surface area contributed by atoms with Gasteiger partial charge in [-0.15, -0.1) is 10.2 Å². The summed E-state index contributed by atoms with van der Waals surface area (Å²) in [5.74, 6) is 2.78. The summed E-state index contributed by atoms with van der Waals surface area (Å²) in [5, 5.41) is 8.86. The Balaban J connectivity index is 1.39. The first-order valence-corrected chi connectivity index (χ1v) is 9.30. The fourth-order valence-electron chi connectivity index (χ4n) is 3.83. The van der Waals surface area contributed by atoms with Crippen molar-refractivity contribution < 1.29 is 9.53 Å². The number of hydrogen-bond donors (Lipinski definition) is 0. The molecule has 0 N–H and O–H groups in total. The molecule has 1 aromatic carbocycles. The Kier molecular flexibility index (Phi) is 4.88. The van der Waals surface area contributed by atoms with Gasteiger partial charge in [0.05, 0.1) is 6.04 Å². The molecule has 2 aromatic rings. The van der Waals surface area contributed by atoms with Crippen molar-refractivity contribution in [2.75, 3.05) is 33.3 Å². The highest BCUT2D eigenvalue weighted by atomic mass is 16.5. The number of hydrogen-bond acceptors (Lipinski definition) is 5. The maximum absolute atomic E-state index is 12.5. The molecule has 0 aliphatic carbocycles. The number of fused-ring (bicyclic) bond motifs is 1. The van der Waals surface area contributed by atoms with Crippen LogP contribution < -0.4 is 4.74 Å². The second kappa shape index (κ2) is 7.45. The van der Waals surface area contributed by atoms with Crippen molar-refractivity contribution in [2.24, 2.45) is 0 Å². The van der Waals surface area contributed by atoms with Crippen LogP contribution in [-0.2, 0) is 17.8 Å². The van der Waals surface area contributed by atoms with Gasteiger partial charge in [0.2, 0.25) is 0 Å². The third kappa shape index (κ3) is 3.44. The minimum atomic E-state index is 0.0205. The van der Waals surface area contributed by atoms with E-state index < -0.39 is 0 Å². The highest BCUT2D eigenvalue weighted by molar-refractivity contribution is 5.77. The van der Waals surface area contributed by atoms with Gasteiger partial charge in [0, 0.05) is 26.1 Å². The maximum Gasteiger partial charge on any atom is 0.260 e. The van der Waals surface area contributed by atoms with Crippen LogP contribution in [0.2, 0.25) is 0 Å². The molecule has 0 unspecified atom stereocenters. The molecule has 26 heavy (non-hydrogen) atoms. The van der Waals surface area contributed by atoms with Gasteiger partial charge in [0.15, 0.2) is 6.61 Å². The third-order valence-electron chi connectivity index (χ3n) is 5.33. The van der Waals surface area contributed by atoms with Crippen LogP contribution in [0.3, 0.4) is 0 Å². The largest absolute Gasteiger partial charge is 0.484 e. The molecular weight excluding hydrogens is 330 g/mol. The molecule has 1 saturated heterocycles. The number of aromatic nitrogens is 3. The number of rotatable bonds is 4. The highest BCUT2D eigenvalue weighted by Gasteiger charge is 2.30. The summed E-state index contributed by atoms with van der Waals surface area (Å²) in [4.78, 5) is 16.8. The van der Waals surface area contributed by atoms with Gasteiger partial charge in [-0.2, -0.15) is 0 Å². The number of benzene rings is 1. The van der Waals surface area contributed by atoms with Gasteiger partial charge in [-0.05, 0) is 38.6 Å². The van der Waals surface area contributed by atoms with Crippen LogP contribution in [0, 0.1) is 0 Å². The van der Waals surface area contributed by atoms with E-state index in [-0.39, 0.29) is 12.5 Å². The monoisotopic (exact) mass is 355 g/mol. The number of amides is 1. The smallest absolute Gasteiger partial charge is 0.260 e. The summed E-state index contributed by atoms with van der Waals surface area (Å²) in [6, 6.07) is 9.81. The van der Waals surface area contributed by atoms with E-state index in [1.807, 2.05) is 35.2 Å². The quantitative estimate of drug-likeness (QED) is 0.832. The van der Waals surface area contributed by atoms with Crippen molar-refractivity contribution in [1.82, 2.24) is 24.6 Å². The molecular formula is C19H25N5O2. The molecule has 4 rings (SSSR count). The van der Waals surface area contributed by atoms with Gasteiger partial charge in [0.25, 0.3) is 5.91 Å². The van der Waals surface area contributed by atoms with Crippen LogP contribution >= 0.6 is 0 Å². The van der Waals surface area contributed by atoms with Crippen molar-refractivity contribution in [2.45, 2.75) is 31.8 Å². The fourth-order valence-corrected chi connectivity index (χ4v) is 3.83. The Morgan fingerprint density at radius 3 is 2.77 bits per heavy atom. The normalized spacial score (nSPS) is 20.7. The van der Waals surface area contributed by atoms with Crippen molar-refractivity contribution in [3.8, 4) is 5.75 Å². The van der Waals surface area contributed by atoms with Gasteiger partial charge in [-0.25, -0.2) is 0 Å². The van der Waals surface area contributed by atoms with Gasteiger partial charge in [-0.3, -0.25) is 9.69 Å². The number of nitrogens with zero attached hydrogens (tertiary/aromatic N) is 5. The Hall–Kier alpha value is -2.41. The van der Waals surface area contributed by atoms with Gasteiger partial charge in [-0.1, -0.05) is 18.2 Å². The lowest BCUT2D eigenvalue weighted by atomic mass is 10.2. The minimum Gasteiger partial charge on any atom is -0.484 e.